The standard InChI is InChI=1S/C20H21N3O4S/c1-12-7-3-4-8-13(12)11-21-23-18(25)17(24)22-19-16(20(26)27-2)14-9-5-6-10-15(14)28-19/h3-4,7-8,11H,5-6,9-10H2,1-2H3,(H,22,24)(H,23,25)/b21-11+. The second-order valence-corrected chi connectivity index (χ2v) is 7.52. The van der Waals surface area contributed by atoms with E-state index in [1.807, 2.05) is 31.2 Å². The van der Waals surface area contributed by atoms with Crippen LogP contribution >= 0.6 is 11.3 Å². The number of fused-ring (bicyclic) bond motifs is 1. The summed E-state index contributed by atoms with van der Waals surface area (Å²) in [7, 11) is 1.30. The Morgan fingerprint density at radius 2 is 1.89 bits per heavy atom. The molecule has 0 fully saturated rings. The molecule has 0 unspecified atom stereocenters. The van der Waals surface area contributed by atoms with Crippen molar-refractivity contribution in [2.75, 3.05) is 12.4 Å². The first-order chi connectivity index (χ1) is 13.5. The number of carbonyl (C=O) groups is 3. The zero-order chi connectivity index (χ0) is 20.1. The average molecular weight is 399 g/mol. The molecule has 0 saturated carbocycles. The number of amides is 2. The molecule has 1 aliphatic carbocycles. The lowest BCUT2D eigenvalue weighted by molar-refractivity contribution is -0.136. The predicted molar refractivity (Wildman–Crippen MR) is 108 cm³/mol. The number of aryl methyl sites for hydroxylation is 2. The summed E-state index contributed by atoms with van der Waals surface area (Å²) >= 11 is 1.32. The van der Waals surface area contributed by atoms with Gasteiger partial charge in [-0.3, -0.25) is 9.59 Å². The molecule has 2 amide bonds. The van der Waals surface area contributed by atoms with Crippen LogP contribution in [0.2, 0.25) is 0 Å². The summed E-state index contributed by atoms with van der Waals surface area (Å²) in [5, 5.41) is 6.71. The molecule has 2 N–H and O–H groups in total. The van der Waals surface area contributed by atoms with E-state index in [4.69, 9.17) is 4.74 Å². The van der Waals surface area contributed by atoms with Crippen LogP contribution in [-0.4, -0.2) is 31.1 Å². The van der Waals surface area contributed by atoms with Crippen LogP contribution in [0.15, 0.2) is 29.4 Å². The van der Waals surface area contributed by atoms with Gasteiger partial charge in [-0.1, -0.05) is 24.3 Å². The number of thiophene rings is 1. The molecular formula is C20H21N3O4S. The zero-order valence-corrected chi connectivity index (χ0v) is 16.5. The lowest BCUT2D eigenvalue weighted by atomic mass is 9.95. The van der Waals surface area contributed by atoms with Gasteiger partial charge in [-0.2, -0.15) is 5.10 Å². The summed E-state index contributed by atoms with van der Waals surface area (Å²) < 4.78 is 4.86. The molecule has 1 heterocycles. The third-order valence-electron chi connectivity index (χ3n) is 4.55. The SMILES string of the molecule is COC(=O)c1c(NC(=O)C(=O)N/N=C/c2ccccc2C)sc2c1CCCC2. The van der Waals surface area contributed by atoms with Crippen molar-refractivity contribution < 1.29 is 19.1 Å². The molecule has 0 spiro atoms. The van der Waals surface area contributed by atoms with Crippen molar-refractivity contribution in [1.82, 2.24) is 5.43 Å². The molecule has 1 aromatic carbocycles. The van der Waals surface area contributed by atoms with Gasteiger partial charge in [0.05, 0.1) is 18.9 Å². The van der Waals surface area contributed by atoms with Crippen molar-refractivity contribution in [3.05, 3.63) is 51.4 Å². The molecule has 146 valence electrons. The number of nitrogens with one attached hydrogen (secondary N) is 2. The van der Waals surface area contributed by atoms with Crippen molar-refractivity contribution in [2.45, 2.75) is 32.6 Å². The summed E-state index contributed by atoms with van der Waals surface area (Å²) in [5.41, 5.74) is 5.31. The van der Waals surface area contributed by atoms with E-state index in [1.54, 1.807) is 0 Å². The van der Waals surface area contributed by atoms with E-state index >= 15 is 0 Å². The van der Waals surface area contributed by atoms with Crippen LogP contribution in [0, 0.1) is 6.92 Å². The smallest absolute Gasteiger partial charge is 0.341 e. The fraction of sp³-hybridized carbons (Fsp3) is 0.300. The van der Waals surface area contributed by atoms with E-state index in [1.165, 1.54) is 24.7 Å². The summed E-state index contributed by atoms with van der Waals surface area (Å²) in [6, 6.07) is 7.53. The first-order valence-electron chi connectivity index (χ1n) is 8.94. The third-order valence-corrected chi connectivity index (χ3v) is 5.76. The van der Waals surface area contributed by atoms with Crippen LogP contribution in [0.3, 0.4) is 0 Å². The lowest BCUT2D eigenvalue weighted by Crippen LogP contribution is -2.32. The van der Waals surface area contributed by atoms with E-state index in [0.717, 1.165) is 47.3 Å². The van der Waals surface area contributed by atoms with Gasteiger partial charge < -0.3 is 10.1 Å². The van der Waals surface area contributed by atoms with E-state index in [0.29, 0.717) is 10.6 Å². The Balaban J connectivity index is 1.70. The number of esters is 1. The highest BCUT2D eigenvalue weighted by atomic mass is 32.1. The summed E-state index contributed by atoms with van der Waals surface area (Å²) in [6.07, 6.45) is 5.11. The number of nitrogens with zero attached hydrogens (tertiary/aromatic N) is 1. The van der Waals surface area contributed by atoms with Crippen LogP contribution < -0.4 is 10.7 Å². The van der Waals surface area contributed by atoms with Gasteiger partial charge >= 0.3 is 17.8 Å². The molecule has 28 heavy (non-hydrogen) atoms. The van der Waals surface area contributed by atoms with Gasteiger partial charge in [-0.15, -0.1) is 11.3 Å². The minimum absolute atomic E-state index is 0.349. The number of ether oxygens (including phenoxy) is 1. The van der Waals surface area contributed by atoms with Crippen molar-refractivity contribution in [3.63, 3.8) is 0 Å². The Morgan fingerprint density at radius 3 is 2.64 bits per heavy atom. The van der Waals surface area contributed by atoms with Gasteiger partial charge in [-0.05, 0) is 49.3 Å². The fourth-order valence-electron chi connectivity index (χ4n) is 3.07. The molecule has 1 aliphatic rings. The molecule has 0 aliphatic heterocycles. The molecule has 7 nitrogen and oxygen atoms in total. The minimum atomic E-state index is -0.910. The normalized spacial score (nSPS) is 13.1. The Labute approximate surface area is 166 Å². The molecule has 0 radical (unpaired) electrons. The van der Waals surface area contributed by atoms with Crippen molar-refractivity contribution in [3.8, 4) is 0 Å². The van der Waals surface area contributed by atoms with E-state index in [9.17, 15) is 14.4 Å². The highest BCUT2D eigenvalue weighted by molar-refractivity contribution is 7.17. The summed E-state index contributed by atoms with van der Waals surface area (Å²) in [6.45, 7) is 1.92. The topological polar surface area (TPSA) is 96.9 Å². The number of benzene rings is 1. The minimum Gasteiger partial charge on any atom is -0.465 e. The number of carbonyl (C=O) groups excluding carboxylic acids is 3. The fourth-order valence-corrected chi connectivity index (χ4v) is 4.35. The van der Waals surface area contributed by atoms with Crippen LogP contribution in [0.5, 0.6) is 0 Å². The number of hydrogen-bond acceptors (Lipinski definition) is 6. The van der Waals surface area contributed by atoms with Gasteiger partial charge in [-0.25, -0.2) is 10.2 Å². The monoisotopic (exact) mass is 399 g/mol. The maximum atomic E-state index is 12.3. The highest BCUT2D eigenvalue weighted by Crippen LogP contribution is 2.38. The predicted octanol–water partition coefficient (Wildman–Crippen LogP) is 2.81. The largest absolute Gasteiger partial charge is 0.465 e. The maximum Gasteiger partial charge on any atom is 0.341 e. The Kier molecular flexibility index (Phi) is 6.20. The Hall–Kier alpha value is -3.00. The zero-order valence-electron chi connectivity index (χ0n) is 15.7. The van der Waals surface area contributed by atoms with Crippen LogP contribution in [0.4, 0.5) is 5.00 Å². The van der Waals surface area contributed by atoms with Crippen LogP contribution in [0.25, 0.3) is 0 Å². The quantitative estimate of drug-likeness (QED) is 0.358. The van der Waals surface area contributed by atoms with Crippen LogP contribution in [-0.2, 0) is 27.2 Å². The van der Waals surface area contributed by atoms with Crippen LogP contribution in [0.1, 0.15) is 44.8 Å². The number of hydrazone groups is 1. The molecule has 1 aromatic heterocycles. The van der Waals surface area contributed by atoms with E-state index in [-0.39, 0.29) is 0 Å². The number of hydrogen-bond donors (Lipinski definition) is 2. The first-order valence-corrected chi connectivity index (χ1v) is 9.75. The lowest BCUT2D eigenvalue weighted by Gasteiger charge is -2.11. The Bertz CT molecular complexity index is 949. The van der Waals surface area contributed by atoms with E-state index < -0.39 is 17.8 Å². The molecule has 3 rings (SSSR count). The van der Waals surface area contributed by atoms with Crippen molar-refractivity contribution >= 4 is 40.3 Å². The summed E-state index contributed by atoms with van der Waals surface area (Å²) in [4.78, 5) is 37.6. The molecule has 2 aromatic rings. The van der Waals surface area contributed by atoms with Crippen molar-refractivity contribution in [1.29, 1.82) is 0 Å². The molecular weight excluding hydrogens is 378 g/mol. The van der Waals surface area contributed by atoms with Gasteiger partial charge in [0, 0.05) is 4.88 Å². The number of methoxy groups -OCH3 is 1. The van der Waals surface area contributed by atoms with E-state index in [2.05, 4.69) is 15.8 Å². The third kappa shape index (κ3) is 4.28. The summed E-state index contributed by atoms with van der Waals surface area (Å²) in [5.74, 6) is -2.30. The second kappa shape index (κ2) is 8.79. The highest BCUT2D eigenvalue weighted by Gasteiger charge is 2.28. The number of rotatable bonds is 4. The molecule has 0 saturated heterocycles. The molecule has 0 bridgehead atoms. The average Bonchev–Trinajstić information content (AvgIpc) is 3.06. The first kappa shape index (κ1) is 19.8. The Morgan fingerprint density at radius 1 is 1.14 bits per heavy atom. The van der Waals surface area contributed by atoms with Gasteiger partial charge in [0.1, 0.15) is 5.00 Å². The second-order valence-electron chi connectivity index (χ2n) is 6.42. The number of anilines is 1. The van der Waals surface area contributed by atoms with Crippen molar-refractivity contribution in [2.24, 2.45) is 5.10 Å². The molecule has 8 heteroatoms. The van der Waals surface area contributed by atoms with Gasteiger partial charge in [0.15, 0.2) is 0 Å². The molecule has 0 atom stereocenters. The maximum absolute atomic E-state index is 12.3. The van der Waals surface area contributed by atoms with Gasteiger partial charge in [0.2, 0.25) is 0 Å². The van der Waals surface area contributed by atoms with Gasteiger partial charge in [0.25, 0.3) is 0 Å².